The van der Waals surface area contributed by atoms with Crippen molar-refractivity contribution in [3.05, 3.63) is 0 Å². The second-order valence-corrected chi connectivity index (χ2v) is 5.93. The number of carbonyl (C=O) groups is 2. The normalized spacial score (nSPS) is 11.5. The fraction of sp³-hybridized carbons (Fsp3) is 0.867. The number of carbonyl (C=O) groups excluding carboxylic acids is 1. The predicted octanol–water partition coefficient (Wildman–Crippen LogP) is 3.10. The van der Waals surface area contributed by atoms with E-state index in [9.17, 15) is 9.59 Å². The van der Waals surface area contributed by atoms with E-state index >= 15 is 0 Å². The van der Waals surface area contributed by atoms with Crippen molar-refractivity contribution in [1.29, 1.82) is 0 Å². The van der Waals surface area contributed by atoms with Gasteiger partial charge in [-0.25, -0.2) is 4.79 Å². The van der Waals surface area contributed by atoms with E-state index in [0.717, 1.165) is 19.4 Å². The maximum absolute atomic E-state index is 12.3. The van der Waals surface area contributed by atoms with Crippen molar-refractivity contribution in [3.63, 3.8) is 0 Å². The Bertz CT molecular complexity index is 312. The van der Waals surface area contributed by atoms with Crippen LogP contribution in [0.15, 0.2) is 0 Å². The third kappa shape index (κ3) is 7.36. The molecule has 0 saturated heterocycles. The molecule has 20 heavy (non-hydrogen) atoms. The van der Waals surface area contributed by atoms with Crippen LogP contribution in [0.2, 0.25) is 0 Å². The van der Waals surface area contributed by atoms with Crippen LogP contribution in [0.5, 0.6) is 0 Å². The summed E-state index contributed by atoms with van der Waals surface area (Å²) in [6.45, 7) is 11.4. The Morgan fingerprint density at radius 3 is 2.15 bits per heavy atom. The lowest BCUT2D eigenvalue weighted by atomic mass is 9.98. The van der Waals surface area contributed by atoms with Crippen LogP contribution < -0.4 is 5.32 Å². The molecule has 0 unspecified atom stereocenters. The van der Waals surface area contributed by atoms with Crippen LogP contribution in [-0.4, -0.2) is 40.6 Å². The van der Waals surface area contributed by atoms with Crippen molar-refractivity contribution < 1.29 is 14.7 Å². The molecular weight excluding hydrogens is 256 g/mol. The van der Waals surface area contributed by atoms with Gasteiger partial charge in [0.1, 0.15) is 0 Å². The molecule has 0 aromatic heterocycles. The number of amides is 2. The van der Waals surface area contributed by atoms with E-state index in [4.69, 9.17) is 5.11 Å². The number of urea groups is 1. The minimum atomic E-state index is -0.836. The van der Waals surface area contributed by atoms with Crippen molar-refractivity contribution in [1.82, 2.24) is 10.2 Å². The predicted molar refractivity (Wildman–Crippen MR) is 80.8 cm³/mol. The molecule has 0 aliphatic carbocycles. The van der Waals surface area contributed by atoms with E-state index < -0.39 is 11.5 Å². The van der Waals surface area contributed by atoms with E-state index in [1.165, 1.54) is 0 Å². The van der Waals surface area contributed by atoms with Crippen molar-refractivity contribution in [3.8, 4) is 0 Å². The number of nitrogens with zero attached hydrogens (tertiary/aromatic N) is 1. The van der Waals surface area contributed by atoms with Gasteiger partial charge in [-0.15, -0.1) is 0 Å². The smallest absolute Gasteiger partial charge is 0.317 e. The first-order chi connectivity index (χ1) is 9.25. The summed E-state index contributed by atoms with van der Waals surface area (Å²) in [4.78, 5) is 24.7. The number of aliphatic carboxylic acids is 1. The van der Waals surface area contributed by atoms with Gasteiger partial charge in [0.05, 0.1) is 0 Å². The summed E-state index contributed by atoms with van der Waals surface area (Å²) in [6.07, 6.45) is 2.61. The summed E-state index contributed by atoms with van der Waals surface area (Å²) in [5, 5.41) is 11.7. The number of rotatable bonds is 9. The molecule has 0 rings (SSSR count). The van der Waals surface area contributed by atoms with Gasteiger partial charge in [0, 0.05) is 25.0 Å². The van der Waals surface area contributed by atoms with Gasteiger partial charge < -0.3 is 15.3 Å². The summed E-state index contributed by atoms with van der Waals surface area (Å²) in [5.41, 5.74) is -0.503. The summed E-state index contributed by atoms with van der Waals surface area (Å²) in [5.74, 6) is -0.320. The zero-order chi connectivity index (χ0) is 15.8. The Labute approximate surface area is 122 Å². The third-order valence-electron chi connectivity index (χ3n) is 3.71. The zero-order valence-corrected chi connectivity index (χ0v) is 13.5. The van der Waals surface area contributed by atoms with E-state index in [2.05, 4.69) is 19.2 Å². The van der Waals surface area contributed by atoms with Gasteiger partial charge in [-0.2, -0.15) is 0 Å². The number of nitrogens with one attached hydrogen (secondary N) is 1. The van der Waals surface area contributed by atoms with E-state index in [1.54, 1.807) is 4.90 Å². The van der Waals surface area contributed by atoms with Crippen LogP contribution in [0.4, 0.5) is 4.79 Å². The SMILES string of the molecule is CCC(CC)CN(CC)C(=O)NC(C)(C)CCC(=O)O. The molecule has 0 spiro atoms. The van der Waals surface area contributed by atoms with E-state index in [0.29, 0.717) is 18.9 Å². The Kier molecular flexibility index (Phi) is 8.26. The quantitative estimate of drug-likeness (QED) is 0.684. The van der Waals surface area contributed by atoms with Gasteiger partial charge >= 0.3 is 12.0 Å². The highest BCUT2D eigenvalue weighted by Crippen LogP contribution is 2.14. The lowest BCUT2D eigenvalue weighted by Gasteiger charge is -2.32. The van der Waals surface area contributed by atoms with Crippen LogP contribution in [-0.2, 0) is 4.79 Å². The molecule has 2 N–H and O–H groups in total. The van der Waals surface area contributed by atoms with Crippen molar-refractivity contribution in [2.75, 3.05) is 13.1 Å². The van der Waals surface area contributed by atoms with Gasteiger partial charge in [0.25, 0.3) is 0 Å². The zero-order valence-electron chi connectivity index (χ0n) is 13.5. The molecule has 5 nitrogen and oxygen atoms in total. The summed E-state index contributed by atoms with van der Waals surface area (Å²) in [7, 11) is 0. The fourth-order valence-electron chi connectivity index (χ4n) is 2.06. The highest BCUT2D eigenvalue weighted by molar-refractivity contribution is 5.75. The Morgan fingerprint density at radius 1 is 1.20 bits per heavy atom. The Hall–Kier alpha value is -1.26. The molecule has 0 bridgehead atoms. The van der Waals surface area contributed by atoms with Crippen LogP contribution >= 0.6 is 0 Å². The van der Waals surface area contributed by atoms with Crippen LogP contribution in [0.25, 0.3) is 0 Å². The molecule has 118 valence electrons. The highest BCUT2D eigenvalue weighted by Gasteiger charge is 2.24. The molecule has 0 heterocycles. The van der Waals surface area contributed by atoms with Gasteiger partial charge in [0.2, 0.25) is 0 Å². The monoisotopic (exact) mass is 286 g/mol. The van der Waals surface area contributed by atoms with Crippen LogP contribution in [0, 0.1) is 5.92 Å². The molecule has 0 radical (unpaired) electrons. The molecular formula is C15H30N2O3. The topological polar surface area (TPSA) is 69.6 Å². The van der Waals surface area contributed by atoms with E-state index in [1.807, 2.05) is 20.8 Å². The van der Waals surface area contributed by atoms with E-state index in [-0.39, 0.29) is 12.5 Å². The van der Waals surface area contributed by atoms with Gasteiger partial charge in [-0.05, 0) is 33.1 Å². The molecule has 0 aromatic carbocycles. The minimum Gasteiger partial charge on any atom is -0.481 e. The maximum atomic E-state index is 12.3. The molecule has 0 atom stereocenters. The van der Waals surface area contributed by atoms with Gasteiger partial charge in [-0.1, -0.05) is 26.7 Å². The lowest BCUT2D eigenvalue weighted by Crippen LogP contribution is -2.51. The summed E-state index contributed by atoms with van der Waals surface area (Å²) in [6, 6.07) is -0.102. The van der Waals surface area contributed by atoms with Gasteiger partial charge in [0.15, 0.2) is 0 Å². The van der Waals surface area contributed by atoms with Gasteiger partial charge in [-0.3, -0.25) is 4.79 Å². The molecule has 2 amide bonds. The van der Waals surface area contributed by atoms with Crippen LogP contribution in [0.1, 0.15) is 60.3 Å². The maximum Gasteiger partial charge on any atom is 0.317 e. The Balaban J connectivity index is 4.49. The molecule has 5 heteroatoms. The number of hydrogen-bond donors (Lipinski definition) is 2. The second-order valence-electron chi connectivity index (χ2n) is 5.93. The first kappa shape index (κ1) is 18.7. The standard InChI is InChI=1S/C15H30N2O3/c1-6-12(7-2)11-17(8-3)14(20)16-15(4,5)10-9-13(18)19/h12H,6-11H2,1-5H3,(H,16,20)(H,18,19). The number of carboxylic acids is 1. The Morgan fingerprint density at radius 2 is 1.75 bits per heavy atom. The summed E-state index contributed by atoms with van der Waals surface area (Å²) >= 11 is 0. The fourth-order valence-corrected chi connectivity index (χ4v) is 2.06. The molecule has 0 fully saturated rings. The van der Waals surface area contributed by atoms with Crippen molar-refractivity contribution in [2.45, 2.75) is 65.8 Å². The van der Waals surface area contributed by atoms with Crippen molar-refractivity contribution in [2.24, 2.45) is 5.92 Å². The van der Waals surface area contributed by atoms with Crippen LogP contribution in [0.3, 0.4) is 0 Å². The molecule has 0 aromatic rings. The summed E-state index contributed by atoms with van der Waals surface area (Å²) < 4.78 is 0. The highest BCUT2D eigenvalue weighted by atomic mass is 16.4. The number of carboxylic acid groups (broad SMARTS) is 1. The molecule has 0 aliphatic heterocycles. The first-order valence-electron chi connectivity index (χ1n) is 7.54. The minimum absolute atomic E-state index is 0.0615. The van der Waals surface area contributed by atoms with Crippen molar-refractivity contribution >= 4 is 12.0 Å². The third-order valence-corrected chi connectivity index (χ3v) is 3.71. The number of hydrogen-bond acceptors (Lipinski definition) is 2. The largest absolute Gasteiger partial charge is 0.481 e. The first-order valence-corrected chi connectivity index (χ1v) is 7.54. The molecule has 0 aliphatic rings. The average molecular weight is 286 g/mol. The average Bonchev–Trinajstić information content (AvgIpc) is 2.37. The lowest BCUT2D eigenvalue weighted by molar-refractivity contribution is -0.137. The molecule has 0 saturated carbocycles. The second kappa shape index (κ2) is 8.82.